The fourth-order valence-electron chi connectivity index (χ4n) is 4.72. The maximum atomic E-state index is 6.03. The zero-order valence-electron chi connectivity index (χ0n) is 13.1. The zero-order chi connectivity index (χ0) is 13.8. The second-order valence-corrected chi connectivity index (χ2v) is 6.98. The third kappa shape index (κ3) is 2.82. The maximum absolute atomic E-state index is 6.03. The number of hydrogen-bond donors (Lipinski definition) is 1. The van der Waals surface area contributed by atoms with Gasteiger partial charge >= 0.3 is 0 Å². The Morgan fingerprint density at radius 1 is 1.25 bits per heavy atom. The Morgan fingerprint density at radius 2 is 2.10 bits per heavy atom. The van der Waals surface area contributed by atoms with E-state index < -0.39 is 0 Å². The molecule has 0 aromatic heterocycles. The fourth-order valence-corrected chi connectivity index (χ4v) is 4.72. The van der Waals surface area contributed by atoms with Gasteiger partial charge in [0.1, 0.15) is 0 Å². The quantitative estimate of drug-likeness (QED) is 0.735. The van der Waals surface area contributed by atoms with E-state index in [9.17, 15) is 0 Å². The Balaban J connectivity index is 1.50. The van der Waals surface area contributed by atoms with Crippen LogP contribution in [0.3, 0.4) is 0 Å². The minimum Gasteiger partial charge on any atom is -0.378 e. The van der Waals surface area contributed by atoms with Crippen LogP contribution in [0.4, 0.5) is 0 Å². The Hall–Kier alpha value is -0.340. The predicted octanol–water partition coefficient (Wildman–Crippen LogP) is 4.20. The number of allylic oxidation sites excluding steroid dienone is 1. The molecule has 3 aliphatic carbocycles. The zero-order valence-corrected chi connectivity index (χ0v) is 13.1. The highest BCUT2D eigenvalue weighted by Gasteiger charge is 2.55. The van der Waals surface area contributed by atoms with Crippen LogP contribution in [-0.4, -0.2) is 25.3 Å². The molecule has 1 N–H and O–H groups in total. The summed E-state index contributed by atoms with van der Waals surface area (Å²) in [5, 5.41) is 3.87. The van der Waals surface area contributed by atoms with Gasteiger partial charge in [0.2, 0.25) is 0 Å². The van der Waals surface area contributed by atoms with Crippen LogP contribution in [0.5, 0.6) is 0 Å². The normalized spacial score (nSPS) is 32.1. The first kappa shape index (κ1) is 14.6. The molecular formula is C18H31NO. The van der Waals surface area contributed by atoms with Crippen molar-refractivity contribution in [1.29, 1.82) is 0 Å². The van der Waals surface area contributed by atoms with Crippen molar-refractivity contribution in [3.05, 3.63) is 11.6 Å². The number of nitrogens with one attached hydrogen (secondary N) is 1. The molecule has 0 radical (unpaired) electrons. The van der Waals surface area contributed by atoms with Crippen molar-refractivity contribution in [3.8, 4) is 0 Å². The lowest BCUT2D eigenvalue weighted by Crippen LogP contribution is -2.64. The van der Waals surface area contributed by atoms with Crippen LogP contribution >= 0.6 is 0 Å². The second kappa shape index (κ2) is 6.62. The molecule has 0 aliphatic heterocycles. The summed E-state index contributed by atoms with van der Waals surface area (Å²) in [6, 6.07) is 0.723. The molecule has 0 aromatic rings. The first-order chi connectivity index (χ1) is 9.85. The lowest BCUT2D eigenvalue weighted by Gasteiger charge is -2.58. The van der Waals surface area contributed by atoms with Gasteiger partial charge in [-0.15, -0.1) is 0 Å². The van der Waals surface area contributed by atoms with Crippen molar-refractivity contribution in [2.24, 2.45) is 5.41 Å². The summed E-state index contributed by atoms with van der Waals surface area (Å²) in [5.41, 5.74) is 2.18. The van der Waals surface area contributed by atoms with E-state index in [4.69, 9.17) is 4.74 Å². The third-order valence-electron chi connectivity index (χ3n) is 5.91. The summed E-state index contributed by atoms with van der Waals surface area (Å²) < 4.78 is 6.03. The molecular weight excluding hydrogens is 246 g/mol. The molecule has 0 amide bonds. The van der Waals surface area contributed by atoms with E-state index >= 15 is 0 Å². The number of hydrogen-bond acceptors (Lipinski definition) is 2. The first-order valence-corrected chi connectivity index (χ1v) is 8.88. The van der Waals surface area contributed by atoms with Crippen molar-refractivity contribution >= 4 is 0 Å². The Bertz CT molecular complexity index is 343. The molecule has 2 fully saturated rings. The highest BCUT2D eigenvalue weighted by molar-refractivity contribution is 5.11. The van der Waals surface area contributed by atoms with Crippen LogP contribution in [0, 0.1) is 5.41 Å². The van der Waals surface area contributed by atoms with Gasteiger partial charge in [-0.1, -0.05) is 30.9 Å². The molecule has 0 bridgehead atoms. The number of rotatable bonds is 6. The van der Waals surface area contributed by atoms with Gasteiger partial charge in [0.15, 0.2) is 0 Å². The van der Waals surface area contributed by atoms with Crippen molar-refractivity contribution in [2.75, 3.05) is 13.2 Å². The third-order valence-corrected chi connectivity index (χ3v) is 5.91. The number of ether oxygens (including phenoxy) is 1. The van der Waals surface area contributed by atoms with Crippen molar-refractivity contribution in [3.63, 3.8) is 0 Å². The van der Waals surface area contributed by atoms with Gasteiger partial charge in [-0.3, -0.25) is 0 Å². The monoisotopic (exact) mass is 277 g/mol. The van der Waals surface area contributed by atoms with Crippen molar-refractivity contribution in [2.45, 2.75) is 83.3 Å². The average molecular weight is 277 g/mol. The molecule has 0 heterocycles. The molecule has 2 atom stereocenters. The van der Waals surface area contributed by atoms with Gasteiger partial charge in [-0.05, 0) is 58.4 Å². The minimum atomic E-state index is 0.484. The van der Waals surface area contributed by atoms with Crippen LogP contribution in [0.15, 0.2) is 11.6 Å². The van der Waals surface area contributed by atoms with E-state index in [2.05, 4.69) is 18.3 Å². The van der Waals surface area contributed by atoms with Crippen LogP contribution in [-0.2, 0) is 4.74 Å². The standard InChI is InChI=1S/C18H31NO/c1-2-20-17-14-16(18(17)11-6-3-7-12-18)19-13-10-15-8-4-5-9-15/h8,16-17,19H,2-7,9-14H2,1H3. The van der Waals surface area contributed by atoms with Gasteiger partial charge < -0.3 is 10.1 Å². The Labute approximate surface area is 124 Å². The van der Waals surface area contributed by atoms with Gasteiger partial charge in [0.05, 0.1) is 6.10 Å². The molecule has 2 heteroatoms. The summed E-state index contributed by atoms with van der Waals surface area (Å²) in [6.07, 6.45) is 16.6. The summed E-state index contributed by atoms with van der Waals surface area (Å²) in [6.45, 7) is 4.20. The minimum absolute atomic E-state index is 0.484. The Morgan fingerprint density at radius 3 is 2.80 bits per heavy atom. The van der Waals surface area contributed by atoms with E-state index in [-0.39, 0.29) is 0 Å². The van der Waals surface area contributed by atoms with E-state index in [1.165, 1.54) is 70.8 Å². The fraction of sp³-hybridized carbons (Fsp3) is 0.889. The average Bonchev–Trinajstić information content (AvgIpc) is 3.00. The smallest absolute Gasteiger partial charge is 0.0661 e. The molecule has 20 heavy (non-hydrogen) atoms. The highest BCUT2D eigenvalue weighted by atomic mass is 16.5. The molecule has 0 saturated heterocycles. The second-order valence-electron chi connectivity index (χ2n) is 6.98. The highest BCUT2D eigenvalue weighted by Crippen LogP contribution is 2.53. The molecule has 114 valence electrons. The van der Waals surface area contributed by atoms with Gasteiger partial charge in [0.25, 0.3) is 0 Å². The first-order valence-electron chi connectivity index (χ1n) is 8.88. The van der Waals surface area contributed by atoms with Crippen LogP contribution in [0.2, 0.25) is 0 Å². The summed E-state index contributed by atoms with van der Waals surface area (Å²) in [7, 11) is 0. The topological polar surface area (TPSA) is 21.3 Å². The maximum Gasteiger partial charge on any atom is 0.0661 e. The van der Waals surface area contributed by atoms with Gasteiger partial charge in [-0.2, -0.15) is 0 Å². The van der Waals surface area contributed by atoms with Gasteiger partial charge in [0, 0.05) is 18.1 Å². The molecule has 2 unspecified atom stereocenters. The van der Waals surface area contributed by atoms with E-state index in [1.807, 2.05) is 0 Å². The van der Waals surface area contributed by atoms with Crippen LogP contribution in [0.1, 0.15) is 71.1 Å². The van der Waals surface area contributed by atoms with E-state index in [0.29, 0.717) is 11.5 Å². The summed E-state index contributed by atoms with van der Waals surface area (Å²) >= 11 is 0. The molecule has 2 saturated carbocycles. The molecule has 0 aromatic carbocycles. The molecule has 3 rings (SSSR count). The lowest BCUT2D eigenvalue weighted by atomic mass is 9.55. The predicted molar refractivity (Wildman–Crippen MR) is 83.9 cm³/mol. The van der Waals surface area contributed by atoms with Gasteiger partial charge in [-0.25, -0.2) is 0 Å². The SMILES string of the molecule is CCOC1CC(NCCC2=CCCC2)C12CCCCC2. The lowest BCUT2D eigenvalue weighted by molar-refractivity contribution is -0.149. The van der Waals surface area contributed by atoms with E-state index in [1.54, 1.807) is 5.57 Å². The Kier molecular flexibility index (Phi) is 4.83. The van der Waals surface area contributed by atoms with E-state index in [0.717, 1.165) is 12.6 Å². The molecule has 3 aliphatic rings. The summed E-state index contributed by atoms with van der Waals surface area (Å²) in [5.74, 6) is 0. The molecule has 2 nitrogen and oxygen atoms in total. The summed E-state index contributed by atoms with van der Waals surface area (Å²) in [4.78, 5) is 0. The van der Waals surface area contributed by atoms with Crippen molar-refractivity contribution < 1.29 is 4.74 Å². The van der Waals surface area contributed by atoms with Crippen LogP contribution in [0.25, 0.3) is 0 Å². The van der Waals surface area contributed by atoms with Crippen molar-refractivity contribution in [1.82, 2.24) is 5.32 Å². The largest absolute Gasteiger partial charge is 0.378 e. The molecule has 1 spiro atoms. The van der Waals surface area contributed by atoms with Crippen LogP contribution < -0.4 is 5.32 Å².